The molecule has 0 saturated heterocycles. The van der Waals surface area contributed by atoms with Crippen molar-refractivity contribution in [3.05, 3.63) is 64.4 Å². The molecule has 0 unspecified atom stereocenters. The standard InChI is InChI=1S/C16H15FN2O4S2/c1-10-7-11(2)15(12(3)8-10)25(22,23)16(19-18)24(20,21)14-6-4-5-13(17)9-14/h4-9H,1-3H3. The molecule has 0 N–H and O–H groups in total. The largest absolute Gasteiger partial charge is 0.504 e. The molecule has 0 atom stereocenters. The summed E-state index contributed by atoms with van der Waals surface area (Å²) in [6.07, 6.45) is 0. The van der Waals surface area contributed by atoms with Crippen molar-refractivity contribution in [1.29, 1.82) is 0 Å². The Morgan fingerprint density at radius 1 is 0.960 bits per heavy atom. The van der Waals surface area contributed by atoms with Gasteiger partial charge in [0, 0.05) is 0 Å². The monoisotopic (exact) mass is 382 g/mol. The molecule has 2 rings (SSSR count). The lowest BCUT2D eigenvalue weighted by atomic mass is 10.1. The van der Waals surface area contributed by atoms with Crippen LogP contribution in [0.25, 0.3) is 5.53 Å². The zero-order valence-electron chi connectivity index (χ0n) is 13.7. The number of hydrogen-bond acceptors (Lipinski definition) is 4. The highest BCUT2D eigenvalue weighted by Gasteiger charge is 2.45. The molecule has 0 bridgehead atoms. The van der Waals surface area contributed by atoms with E-state index in [9.17, 15) is 21.2 Å². The number of aryl methyl sites for hydroxylation is 3. The van der Waals surface area contributed by atoms with Crippen LogP contribution < -0.4 is 0 Å². The van der Waals surface area contributed by atoms with E-state index in [-0.39, 0.29) is 4.90 Å². The molecule has 6 nitrogen and oxygen atoms in total. The lowest BCUT2D eigenvalue weighted by molar-refractivity contribution is 0.00379. The number of benzene rings is 2. The van der Waals surface area contributed by atoms with Gasteiger partial charge in [-0.3, -0.25) is 0 Å². The van der Waals surface area contributed by atoms with Crippen LogP contribution in [0.3, 0.4) is 0 Å². The van der Waals surface area contributed by atoms with E-state index in [0.29, 0.717) is 17.2 Å². The molecule has 2 aromatic rings. The Hall–Kier alpha value is -2.35. The molecule has 132 valence electrons. The normalized spacial score (nSPS) is 11.8. The molecule has 0 saturated carbocycles. The Kier molecular flexibility index (Phi) is 4.94. The molecular weight excluding hydrogens is 367 g/mol. The second kappa shape index (κ2) is 6.51. The molecule has 2 aromatic carbocycles. The second-order valence-corrected chi connectivity index (χ2v) is 9.48. The van der Waals surface area contributed by atoms with E-state index >= 15 is 0 Å². The van der Waals surface area contributed by atoms with Gasteiger partial charge in [0.2, 0.25) is 0 Å². The molecule has 0 spiro atoms. The molecule has 0 aliphatic heterocycles. The Morgan fingerprint density at radius 2 is 1.52 bits per heavy atom. The molecule has 0 aliphatic carbocycles. The number of sulfone groups is 2. The minimum Gasteiger partial charge on any atom is -0.359 e. The average molecular weight is 382 g/mol. The molecule has 25 heavy (non-hydrogen) atoms. The van der Waals surface area contributed by atoms with Gasteiger partial charge < -0.3 is 5.53 Å². The van der Waals surface area contributed by atoms with Gasteiger partial charge in [0.05, 0.1) is 9.79 Å². The van der Waals surface area contributed by atoms with E-state index in [0.717, 1.165) is 23.8 Å². The van der Waals surface area contributed by atoms with Crippen molar-refractivity contribution in [1.82, 2.24) is 0 Å². The predicted molar refractivity (Wildman–Crippen MR) is 90.1 cm³/mol. The minimum absolute atomic E-state index is 0.258. The maximum atomic E-state index is 13.3. The average Bonchev–Trinajstić information content (AvgIpc) is 2.45. The number of halogens is 1. The lowest BCUT2D eigenvalue weighted by Gasteiger charge is -2.10. The van der Waals surface area contributed by atoms with Gasteiger partial charge in [-0.15, -0.1) is 4.79 Å². The van der Waals surface area contributed by atoms with Crippen LogP contribution in [0.1, 0.15) is 16.7 Å². The fourth-order valence-electron chi connectivity index (χ4n) is 2.66. The highest BCUT2D eigenvalue weighted by atomic mass is 32.3. The third kappa shape index (κ3) is 3.39. The van der Waals surface area contributed by atoms with Crippen molar-refractivity contribution in [2.24, 2.45) is 0 Å². The summed E-state index contributed by atoms with van der Waals surface area (Å²) in [4.78, 5) is 1.66. The summed E-state index contributed by atoms with van der Waals surface area (Å²) in [7, 11) is -9.41. The smallest absolute Gasteiger partial charge is 0.359 e. The van der Waals surface area contributed by atoms with Gasteiger partial charge in [0.15, 0.2) is 0 Å². The lowest BCUT2D eigenvalue weighted by Crippen LogP contribution is -2.27. The fraction of sp³-hybridized carbons (Fsp3) is 0.188. The Bertz CT molecular complexity index is 1090. The van der Waals surface area contributed by atoms with Crippen molar-refractivity contribution in [2.45, 2.75) is 30.6 Å². The van der Waals surface area contributed by atoms with E-state index in [1.165, 1.54) is 13.8 Å². The van der Waals surface area contributed by atoms with E-state index in [1.807, 2.05) is 0 Å². The highest BCUT2D eigenvalue weighted by Crippen LogP contribution is 2.27. The van der Waals surface area contributed by atoms with Crippen LogP contribution in [0.2, 0.25) is 0 Å². The summed E-state index contributed by atoms with van der Waals surface area (Å²) in [5.74, 6) is -0.863. The summed E-state index contributed by atoms with van der Waals surface area (Å²) in [6, 6.07) is 6.95. The van der Waals surface area contributed by atoms with Crippen LogP contribution in [-0.4, -0.2) is 26.0 Å². The number of nitrogens with zero attached hydrogens (tertiary/aromatic N) is 2. The molecule has 0 aromatic heterocycles. The van der Waals surface area contributed by atoms with Gasteiger partial charge >= 0.3 is 4.38 Å². The zero-order chi connectivity index (χ0) is 19.0. The van der Waals surface area contributed by atoms with Gasteiger partial charge in [-0.05, 0) is 50.1 Å². The van der Waals surface area contributed by atoms with Gasteiger partial charge in [0.1, 0.15) is 5.82 Å². The SMILES string of the molecule is Cc1cc(C)c(S(=O)(=O)C(=[N+]=[N-])S(=O)(=O)c2cccc(F)c2)c(C)c1. The third-order valence-electron chi connectivity index (χ3n) is 3.52. The zero-order valence-corrected chi connectivity index (χ0v) is 15.3. The van der Waals surface area contributed by atoms with Gasteiger partial charge in [0.25, 0.3) is 19.7 Å². The summed E-state index contributed by atoms with van der Waals surface area (Å²) in [6.45, 7) is 4.79. The van der Waals surface area contributed by atoms with Crippen molar-refractivity contribution < 1.29 is 26.0 Å². The molecular formula is C16H15FN2O4S2. The second-order valence-electron chi connectivity index (χ2n) is 5.56. The first-order valence-corrected chi connectivity index (χ1v) is 10.0. The Labute approximate surface area is 145 Å². The van der Waals surface area contributed by atoms with Crippen LogP contribution >= 0.6 is 0 Å². The van der Waals surface area contributed by atoms with Crippen LogP contribution in [0.15, 0.2) is 46.2 Å². The van der Waals surface area contributed by atoms with E-state index in [2.05, 4.69) is 4.79 Å². The molecule has 9 heteroatoms. The number of hydrogen-bond donors (Lipinski definition) is 0. The summed E-state index contributed by atoms with van der Waals surface area (Å²) in [5, 5.41) is 0. The molecule has 0 heterocycles. The first-order chi connectivity index (χ1) is 11.5. The van der Waals surface area contributed by atoms with Crippen molar-refractivity contribution in [3.63, 3.8) is 0 Å². The van der Waals surface area contributed by atoms with Crippen molar-refractivity contribution in [2.75, 3.05) is 0 Å². The van der Waals surface area contributed by atoms with Crippen molar-refractivity contribution >= 4 is 24.1 Å². The maximum absolute atomic E-state index is 13.3. The minimum atomic E-state index is -4.75. The first-order valence-electron chi connectivity index (χ1n) is 7.07. The van der Waals surface area contributed by atoms with Gasteiger partial charge in [-0.2, -0.15) is 0 Å². The van der Waals surface area contributed by atoms with Gasteiger partial charge in [-0.1, -0.05) is 23.8 Å². The topological polar surface area (TPSA) is 105 Å². The third-order valence-corrected chi connectivity index (χ3v) is 7.98. The molecule has 0 fully saturated rings. The predicted octanol–water partition coefficient (Wildman–Crippen LogP) is 2.58. The van der Waals surface area contributed by atoms with Crippen LogP contribution in [0.5, 0.6) is 0 Å². The Morgan fingerprint density at radius 3 is 2.00 bits per heavy atom. The van der Waals surface area contributed by atoms with Crippen LogP contribution in [-0.2, 0) is 19.7 Å². The summed E-state index contributed by atoms with van der Waals surface area (Å²) >= 11 is 0. The van der Waals surface area contributed by atoms with Gasteiger partial charge in [-0.25, -0.2) is 21.2 Å². The van der Waals surface area contributed by atoms with Crippen LogP contribution in [0.4, 0.5) is 4.39 Å². The fourth-order valence-corrected chi connectivity index (χ4v) is 6.44. The van der Waals surface area contributed by atoms with Crippen molar-refractivity contribution in [3.8, 4) is 0 Å². The molecule has 0 amide bonds. The first kappa shape index (κ1) is 19.0. The van der Waals surface area contributed by atoms with E-state index < -0.39 is 34.8 Å². The summed E-state index contributed by atoms with van der Waals surface area (Å²) < 4.78 is 62.8. The van der Waals surface area contributed by atoms with E-state index in [4.69, 9.17) is 5.53 Å². The van der Waals surface area contributed by atoms with Crippen LogP contribution in [0, 0.1) is 26.6 Å². The highest BCUT2D eigenvalue weighted by molar-refractivity contribution is 8.31. The summed E-state index contributed by atoms with van der Waals surface area (Å²) in [5.41, 5.74) is 10.6. The molecule has 0 aliphatic rings. The maximum Gasteiger partial charge on any atom is 0.504 e. The molecule has 0 radical (unpaired) electrons. The quantitative estimate of drug-likeness (QED) is 0.344. The van der Waals surface area contributed by atoms with E-state index in [1.54, 1.807) is 19.1 Å². The Balaban J connectivity index is 2.76. The number of rotatable bonds is 2.